The van der Waals surface area contributed by atoms with Gasteiger partial charge in [0.15, 0.2) is 0 Å². The van der Waals surface area contributed by atoms with E-state index < -0.39 is 12.1 Å². The summed E-state index contributed by atoms with van der Waals surface area (Å²) in [7, 11) is 0. The minimum Gasteiger partial charge on any atom is -0.351 e. The van der Waals surface area contributed by atoms with Gasteiger partial charge in [-0.2, -0.15) is 0 Å². The van der Waals surface area contributed by atoms with Crippen LogP contribution in [0.25, 0.3) is 0 Å². The summed E-state index contributed by atoms with van der Waals surface area (Å²) in [5.74, 6) is -0.666. The van der Waals surface area contributed by atoms with E-state index in [1.54, 1.807) is 24.3 Å². The first kappa shape index (κ1) is 19.4. The maximum absolute atomic E-state index is 11.9. The Balaban J connectivity index is 2.49. The fourth-order valence-corrected chi connectivity index (χ4v) is 1.96. The minimum atomic E-state index is -0.639. The molecule has 0 aromatic heterocycles. The molecule has 1 aromatic rings. The summed E-state index contributed by atoms with van der Waals surface area (Å²) in [5, 5.41) is 7.74. The van der Waals surface area contributed by atoms with Gasteiger partial charge in [-0.3, -0.25) is 9.59 Å². The molecule has 0 saturated carbocycles. The topological polar surface area (TPSA) is 139 Å². The first-order valence-electron chi connectivity index (χ1n) is 7.69. The van der Waals surface area contributed by atoms with E-state index in [0.717, 1.165) is 5.56 Å². The van der Waals surface area contributed by atoms with Crippen molar-refractivity contribution in [2.24, 2.45) is 17.4 Å². The van der Waals surface area contributed by atoms with Crippen LogP contribution in [0.3, 0.4) is 0 Å². The van der Waals surface area contributed by atoms with E-state index in [-0.39, 0.29) is 30.3 Å². The van der Waals surface area contributed by atoms with Crippen molar-refractivity contribution in [3.8, 4) is 0 Å². The molecule has 24 heavy (non-hydrogen) atoms. The van der Waals surface area contributed by atoms with Crippen molar-refractivity contribution in [1.29, 1.82) is 0 Å². The molecule has 4 amide bonds. The van der Waals surface area contributed by atoms with Gasteiger partial charge in [-0.1, -0.05) is 26.0 Å². The normalized spacial score (nSPS) is 13.0. The third-order valence-electron chi connectivity index (χ3n) is 3.50. The average molecular weight is 335 g/mol. The first-order chi connectivity index (χ1) is 11.2. The highest BCUT2D eigenvalue weighted by atomic mass is 16.2. The average Bonchev–Trinajstić information content (AvgIpc) is 2.51. The Hall–Kier alpha value is -2.61. The van der Waals surface area contributed by atoms with Crippen LogP contribution in [0.1, 0.15) is 32.4 Å². The van der Waals surface area contributed by atoms with E-state index >= 15 is 0 Å². The molecule has 0 aliphatic heterocycles. The molecule has 0 radical (unpaired) electrons. The zero-order chi connectivity index (χ0) is 18.3. The van der Waals surface area contributed by atoms with Gasteiger partial charge in [0.25, 0.3) is 0 Å². The van der Waals surface area contributed by atoms with E-state index in [9.17, 15) is 14.4 Å². The maximum atomic E-state index is 11.9. The molecule has 1 unspecified atom stereocenters. The fraction of sp³-hybridized carbons (Fsp3) is 0.438. The first-order valence-corrected chi connectivity index (χ1v) is 7.69. The van der Waals surface area contributed by atoms with Crippen molar-refractivity contribution in [1.82, 2.24) is 10.6 Å². The summed E-state index contributed by atoms with van der Waals surface area (Å²) >= 11 is 0. The highest BCUT2D eigenvalue weighted by molar-refractivity contribution is 5.88. The van der Waals surface area contributed by atoms with Crippen LogP contribution in [-0.2, 0) is 9.59 Å². The van der Waals surface area contributed by atoms with E-state index in [1.807, 2.05) is 20.8 Å². The number of carbonyl (C=O) groups excluding carboxylic acids is 3. The number of hydrogen-bond donors (Lipinski definition) is 5. The van der Waals surface area contributed by atoms with Crippen molar-refractivity contribution >= 4 is 23.5 Å². The van der Waals surface area contributed by atoms with Gasteiger partial charge < -0.3 is 27.4 Å². The summed E-state index contributed by atoms with van der Waals surface area (Å²) in [4.78, 5) is 34.4. The van der Waals surface area contributed by atoms with Crippen LogP contribution in [0.2, 0.25) is 0 Å². The van der Waals surface area contributed by atoms with Crippen LogP contribution in [0.4, 0.5) is 10.5 Å². The minimum absolute atomic E-state index is 0.000453. The highest BCUT2D eigenvalue weighted by Gasteiger charge is 2.18. The summed E-state index contributed by atoms with van der Waals surface area (Å²) in [6.07, 6.45) is 0. The van der Waals surface area contributed by atoms with Gasteiger partial charge in [-0.05, 0) is 30.5 Å². The Morgan fingerprint density at radius 1 is 1.08 bits per heavy atom. The lowest BCUT2D eigenvalue weighted by Gasteiger charge is -2.17. The molecule has 1 rings (SSSR count). The fourth-order valence-electron chi connectivity index (χ4n) is 1.96. The number of carbonyl (C=O) groups is 3. The number of amides is 4. The molecule has 8 nitrogen and oxygen atoms in total. The zero-order valence-corrected chi connectivity index (χ0v) is 14.1. The SMILES string of the molecule is CC(NC(=O)CNC(=O)[C@@H](N)C(C)C)c1ccc(NC(N)=O)cc1. The summed E-state index contributed by atoms with van der Waals surface area (Å²) in [6, 6.07) is 5.38. The maximum Gasteiger partial charge on any atom is 0.316 e. The molecule has 0 fully saturated rings. The van der Waals surface area contributed by atoms with Crippen LogP contribution < -0.4 is 27.4 Å². The van der Waals surface area contributed by atoms with Crippen molar-refractivity contribution < 1.29 is 14.4 Å². The number of nitrogens with two attached hydrogens (primary N) is 2. The Morgan fingerprint density at radius 2 is 1.67 bits per heavy atom. The Bertz CT molecular complexity index is 586. The van der Waals surface area contributed by atoms with Crippen LogP contribution in [-0.4, -0.2) is 30.4 Å². The van der Waals surface area contributed by atoms with Crippen LogP contribution in [0, 0.1) is 5.92 Å². The van der Waals surface area contributed by atoms with Crippen molar-refractivity contribution in [3.05, 3.63) is 29.8 Å². The molecule has 1 aromatic carbocycles. The lowest BCUT2D eigenvalue weighted by atomic mass is 10.1. The predicted octanol–water partition coefficient (Wildman–Crippen LogP) is 0.454. The number of nitrogens with one attached hydrogen (secondary N) is 3. The summed E-state index contributed by atoms with van der Waals surface area (Å²) in [5.41, 5.74) is 12.2. The standard InChI is InChI=1S/C16H25N5O3/c1-9(2)14(17)15(23)19-8-13(22)20-10(3)11-4-6-12(7-5-11)21-16(18)24/h4-7,9-10,14H,8,17H2,1-3H3,(H,19,23)(H,20,22)(H3,18,21,24)/t10?,14-/m0/s1. The Labute approximate surface area is 141 Å². The predicted molar refractivity (Wildman–Crippen MR) is 92.0 cm³/mol. The van der Waals surface area contributed by atoms with Crippen LogP contribution in [0.15, 0.2) is 24.3 Å². The van der Waals surface area contributed by atoms with E-state index in [2.05, 4.69) is 16.0 Å². The molecular formula is C16H25N5O3. The molecule has 2 atom stereocenters. The third-order valence-corrected chi connectivity index (χ3v) is 3.50. The monoisotopic (exact) mass is 335 g/mol. The van der Waals surface area contributed by atoms with Gasteiger partial charge in [0.2, 0.25) is 11.8 Å². The molecule has 0 saturated heterocycles. The van der Waals surface area contributed by atoms with Crippen molar-refractivity contribution in [2.45, 2.75) is 32.9 Å². The van der Waals surface area contributed by atoms with Gasteiger partial charge in [0.05, 0.1) is 18.6 Å². The number of urea groups is 1. The lowest BCUT2D eigenvalue weighted by molar-refractivity contribution is -0.127. The molecule has 0 aliphatic carbocycles. The van der Waals surface area contributed by atoms with Gasteiger partial charge in [0, 0.05) is 5.69 Å². The number of anilines is 1. The quantitative estimate of drug-likeness (QED) is 0.493. The molecule has 0 aliphatic rings. The molecule has 8 heteroatoms. The second-order valence-electron chi connectivity index (χ2n) is 5.89. The van der Waals surface area contributed by atoms with Crippen LogP contribution >= 0.6 is 0 Å². The lowest BCUT2D eigenvalue weighted by Crippen LogP contribution is -2.47. The molecule has 7 N–H and O–H groups in total. The second kappa shape index (κ2) is 8.88. The zero-order valence-electron chi connectivity index (χ0n) is 14.1. The third kappa shape index (κ3) is 6.25. The highest BCUT2D eigenvalue weighted by Crippen LogP contribution is 2.15. The smallest absolute Gasteiger partial charge is 0.316 e. The van der Waals surface area contributed by atoms with E-state index in [0.29, 0.717) is 5.69 Å². The number of benzene rings is 1. The van der Waals surface area contributed by atoms with Crippen molar-refractivity contribution in [2.75, 3.05) is 11.9 Å². The van der Waals surface area contributed by atoms with Gasteiger partial charge in [-0.15, -0.1) is 0 Å². The molecule has 0 heterocycles. The largest absolute Gasteiger partial charge is 0.351 e. The van der Waals surface area contributed by atoms with Crippen molar-refractivity contribution in [3.63, 3.8) is 0 Å². The second-order valence-corrected chi connectivity index (χ2v) is 5.89. The summed E-state index contributed by atoms with van der Waals surface area (Å²) < 4.78 is 0. The van der Waals surface area contributed by atoms with E-state index in [4.69, 9.17) is 11.5 Å². The Morgan fingerprint density at radius 3 is 2.17 bits per heavy atom. The molecule has 0 bridgehead atoms. The molecule has 132 valence electrons. The number of rotatable bonds is 7. The van der Waals surface area contributed by atoms with Gasteiger partial charge >= 0.3 is 6.03 Å². The number of hydrogen-bond acceptors (Lipinski definition) is 4. The van der Waals surface area contributed by atoms with Gasteiger partial charge in [-0.25, -0.2) is 4.79 Å². The summed E-state index contributed by atoms with van der Waals surface area (Å²) in [6.45, 7) is 5.35. The number of primary amides is 1. The van der Waals surface area contributed by atoms with Gasteiger partial charge in [0.1, 0.15) is 0 Å². The Kier molecular flexibility index (Phi) is 7.19. The van der Waals surface area contributed by atoms with E-state index in [1.165, 1.54) is 0 Å². The molecule has 0 spiro atoms. The molecular weight excluding hydrogens is 310 g/mol. The van der Waals surface area contributed by atoms with Crippen LogP contribution in [0.5, 0.6) is 0 Å².